The molecule has 0 aromatic heterocycles. The second kappa shape index (κ2) is 11.1. The quantitative estimate of drug-likeness (QED) is 0.268. The Kier molecular flexibility index (Phi) is 10.3. The van der Waals surface area contributed by atoms with E-state index in [0.717, 1.165) is 12.8 Å². The second-order valence-electron chi connectivity index (χ2n) is 3.58. The molecule has 0 radical (unpaired) electrons. The minimum atomic E-state index is -0.363. The molecule has 0 aromatic carbocycles. The average molecular weight is 238 g/mol. The van der Waals surface area contributed by atoms with E-state index in [9.17, 15) is 4.79 Å². The third kappa shape index (κ3) is 10.9. The lowest BCUT2D eigenvalue weighted by Crippen LogP contribution is -2.11. The van der Waals surface area contributed by atoms with Gasteiger partial charge in [0, 0.05) is 5.57 Å². The molecule has 3 heteroatoms. The number of allylic oxidation sites excluding steroid dienone is 3. The third-order valence-corrected chi connectivity index (χ3v) is 1.86. The lowest BCUT2D eigenvalue weighted by molar-refractivity contribution is -0.140. The van der Waals surface area contributed by atoms with Crippen molar-refractivity contribution >= 4 is 5.97 Å². The average Bonchev–Trinajstić information content (AvgIpc) is 2.31. The Morgan fingerprint density at radius 1 is 1.18 bits per heavy atom. The lowest BCUT2D eigenvalue weighted by atomic mass is 10.3. The molecule has 0 rings (SSSR count). The molecule has 0 bridgehead atoms. The van der Waals surface area contributed by atoms with Gasteiger partial charge in [0.05, 0.1) is 13.2 Å². The fourth-order valence-corrected chi connectivity index (χ4v) is 0.959. The van der Waals surface area contributed by atoms with Gasteiger partial charge in [-0.2, -0.15) is 0 Å². The molecule has 0 saturated carbocycles. The maximum atomic E-state index is 11.0. The Morgan fingerprint density at radius 2 is 1.88 bits per heavy atom. The number of hydrogen-bond donors (Lipinski definition) is 0. The van der Waals surface area contributed by atoms with Crippen LogP contribution >= 0.6 is 0 Å². The summed E-state index contributed by atoms with van der Waals surface area (Å²) in [6.07, 6.45) is 10.1. The monoisotopic (exact) mass is 238 g/mol. The van der Waals surface area contributed by atoms with Crippen LogP contribution in [0.3, 0.4) is 0 Å². The Balaban J connectivity index is 3.30. The number of hydrogen-bond acceptors (Lipinski definition) is 3. The van der Waals surface area contributed by atoms with Gasteiger partial charge in [0.2, 0.25) is 0 Å². The molecule has 0 spiro atoms. The van der Waals surface area contributed by atoms with E-state index in [0.29, 0.717) is 18.8 Å². The van der Waals surface area contributed by atoms with Crippen molar-refractivity contribution in [3.63, 3.8) is 0 Å². The molecule has 0 heterocycles. The summed E-state index contributed by atoms with van der Waals surface area (Å²) in [6, 6.07) is 0. The number of rotatable bonds is 9. The van der Waals surface area contributed by atoms with E-state index in [1.807, 2.05) is 18.2 Å². The van der Waals surface area contributed by atoms with Crippen molar-refractivity contribution in [1.82, 2.24) is 0 Å². The van der Waals surface area contributed by atoms with Crippen molar-refractivity contribution in [1.29, 1.82) is 0 Å². The Bertz CT molecular complexity index is 277. The van der Waals surface area contributed by atoms with Crippen LogP contribution in [0.25, 0.3) is 0 Å². The smallest absolute Gasteiger partial charge is 0.333 e. The molecule has 0 atom stereocenters. The molecule has 0 amide bonds. The standard InChI is InChI=1S/C14H22O3/c1-4-5-6-7-8-9-10-16-11-12-17-14(15)13(2)3/h5-8H,2,4,9-12H2,1,3H3/b6-5+,8-7+. The fraction of sp³-hybridized carbons (Fsp3) is 0.500. The molecule has 0 unspecified atom stereocenters. The summed E-state index contributed by atoms with van der Waals surface area (Å²) in [4.78, 5) is 11.0. The van der Waals surface area contributed by atoms with Crippen LogP contribution in [0.5, 0.6) is 0 Å². The summed E-state index contributed by atoms with van der Waals surface area (Å²) in [6.45, 7) is 8.56. The lowest BCUT2D eigenvalue weighted by Gasteiger charge is -2.04. The summed E-state index contributed by atoms with van der Waals surface area (Å²) < 4.78 is 10.2. The molecule has 0 fully saturated rings. The van der Waals surface area contributed by atoms with Crippen molar-refractivity contribution in [3.8, 4) is 0 Å². The molecule has 0 aliphatic heterocycles. The molecular formula is C14H22O3. The van der Waals surface area contributed by atoms with E-state index in [-0.39, 0.29) is 12.6 Å². The van der Waals surface area contributed by atoms with E-state index in [2.05, 4.69) is 19.6 Å². The summed E-state index contributed by atoms with van der Waals surface area (Å²) in [7, 11) is 0. The van der Waals surface area contributed by atoms with E-state index < -0.39 is 0 Å². The normalized spacial score (nSPS) is 11.2. The van der Waals surface area contributed by atoms with Gasteiger partial charge in [0.25, 0.3) is 0 Å². The van der Waals surface area contributed by atoms with Crippen LogP contribution < -0.4 is 0 Å². The largest absolute Gasteiger partial charge is 0.460 e. The summed E-state index contributed by atoms with van der Waals surface area (Å²) in [5.74, 6) is -0.363. The highest BCUT2D eigenvalue weighted by Gasteiger charge is 2.01. The zero-order valence-electron chi connectivity index (χ0n) is 10.8. The Morgan fingerprint density at radius 3 is 2.53 bits per heavy atom. The molecule has 96 valence electrons. The summed E-state index contributed by atoms with van der Waals surface area (Å²) >= 11 is 0. The van der Waals surface area contributed by atoms with Gasteiger partial charge in [-0.15, -0.1) is 0 Å². The third-order valence-electron chi connectivity index (χ3n) is 1.86. The van der Waals surface area contributed by atoms with Crippen molar-refractivity contribution < 1.29 is 14.3 Å². The highest BCUT2D eigenvalue weighted by atomic mass is 16.6. The summed E-state index contributed by atoms with van der Waals surface area (Å²) in [5, 5.41) is 0. The SMILES string of the molecule is C=C(C)C(=O)OCCOCC/C=C/C=C/CC. The molecule has 0 aliphatic carbocycles. The van der Waals surface area contributed by atoms with Crippen molar-refractivity contribution in [3.05, 3.63) is 36.5 Å². The summed E-state index contributed by atoms with van der Waals surface area (Å²) in [5.41, 5.74) is 0.413. The first-order valence-corrected chi connectivity index (χ1v) is 5.90. The first-order chi connectivity index (χ1) is 8.18. The molecule has 17 heavy (non-hydrogen) atoms. The highest BCUT2D eigenvalue weighted by molar-refractivity contribution is 5.86. The van der Waals surface area contributed by atoms with Gasteiger partial charge in [-0.05, 0) is 19.8 Å². The van der Waals surface area contributed by atoms with E-state index >= 15 is 0 Å². The molecule has 0 saturated heterocycles. The van der Waals surface area contributed by atoms with Gasteiger partial charge in [-0.1, -0.05) is 37.8 Å². The van der Waals surface area contributed by atoms with E-state index in [1.54, 1.807) is 6.92 Å². The predicted octanol–water partition coefficient (Wildman–Crippen LogP) is 3.03. The topological polar surface area (TPSA) is 35.5 Å². The maximum Gasteiger partial charge on any atom is 0.333 e. The van der Waals surface area contributed by atoms with Crippen LogP contribution in [-0.4, -0.2) is 25.8 Å². The highest BCUT2D eigenvalue weighted by Crippen LogP contribution is 1.92. The fourth-order valence-electron chi connectivity index (χ4n) is 0.959. The van der Waals surface area contributed by atoms with Crippen molar-refractivity contribution in [2.45, 2.75) is 26.7 Å². The number of esters is 1. The van der Waals surface area contributed by atoms with E-state index in [4.69, 9.17) is 9.47 Å². The van der Waals surface area contributed by atoms with Crippen LogP contribution in [0.1, 0.15) is 26.7 Å². The zero-order valence-corrected chi connectivity index (χ0v) is 10.8. The minimum absolute atomic E-state index is 0.283. The van der Waals surface area contributed by atoms with Gasteiger partial charge >= 0.3 is 5.97 Å². The number of carbonyl (C=O) groups excluding carboxylic acids is 1. The molecule has 0 aliphatic rings. The zero-order chi connectivity index (χ0) is 12.9. The number of carbonyl (C=O) groups is 1. The predicted molar refractivity (Wildman–Crippen MR) is 69.8 cm³/mol. The van der Waals surface area contributed by atoms with Crippen LogP contribution in [0.2, 0.25) is 0 Å². The second-order valence-corrected chi connectivity index (χ2v) is 3.58. The maximum absolute atomic E-state index is 11.0. The molecule has 0 aromatic rings. The van der Waals surface area contributed by atoms with Gasteiger partial charge in [-0.25, -0.2) is 4.79 Å². The van der Waals surface area contributed by atoms with Gasteiger partial charge in [0.1, 0.15) is 6.61 Å². The van der Waals surface area contributed by atoms with Gasteiger partial charge in [0.15, 0.2) is 0 Å². The van der Waals surface area contributed by atoms with E-state index in [1.165, 1.54) is 0 Å². The first kappa shape index (κ1) is 15.7. The van der Waals surface area contributed by atoms with Crippen molar-refractivity contribution in [2.24, 2.45) is 0 Å². The van der Waals surface area contributed by atoms with Crippen molar-refractivity contribution in [2.75, 3.05) is 19.8 Å². The molecule has 0 N–H and O–H groups in total. The van der Waals surface area contributed by atoms with Gasteiger partial charge in [-0.3, -0.25) is 0 Å². The van der Waals surface area contributed by atoms with Gasteiger partial charge < -0.3 is 9.47 Å². The number of ether oxygens (including phenoxy) is 2. The van der Waals surface area contributed by atoms with Crippen LogP contribution in [0.4, 0.5) is 0 Å². The minimum Gasteiger partial charge on any atom is -0.460 e. The Labute approximate surface area is 104 Å². The Hall–Kier alpha value is -1.35. The first-order valence-electron chi connectivity index (χ1n) is 5.90. The van der Waals surface area contributed by atoms with Crippen LogP contribution in [-0.2, 0) is 14.3 Å². The molecule has 3 nitrogen and oxygen atoms in total. The van der Waals surface area contributed by atoms with Crippen LogP contribution in [0.15, 0.2) is 36.5 Å². The van der Waals surface area contributed by atoms with Crippen LogP contribution in [0, 0.1) is 0 Å². The molecular weight excluding hydrogens is 216 g/mol.